The minimum atomic E-state index is 0.346. The van der Waals surface area contributed by atoms with E-state index in [1.807, 2.05) is 11.3 Å². The third-order valence-electron chi connectivity index (χ3n) is 3.22. The Balaban J connectivity index is 1.92. The quantitative estimate of drug-likeness (QED) is 0.852. The van der Waals surface area contributed by atoms with Gasteiger partial charge in [-0.05, 0) is 44.4 Å². The summed E-state index contributed by atoms with van der Waals surface area (Å²) < 4.78 is 0. The number of aliphatic hydroxyl groups excluding tert-OH is 1. The van der Waals surface area contributed by atoms with Gasteiger partial charge in [0.05, 0.1) is 0 Å². The van der Waals surface area contributed by atoms with Crippen LogP contribution in [0.1, 0.15) is 21.7 Å². The van der Waals surface area contributed by atoms with Crippen LogP contribution >= 0.6 is 11.3 Å². The molecule has 0 radical (unpaired) electrons. The van der Waals surface area contributed by atoms with Gasteiger partial charge in [0, 0.05) is 29.5 Å². The van der Waals surface area contributed by atoms with E-state index in [9.17, 15) is 0 Å². The van der Waals surface area contributed by atoms with Gasteiger partial charge in [0.25, 0.3) is 0 Å². The van der Waals surface area contributed by atoms with Gasteiger partial charge in [-0.1, -0.05) is 0 Å². The monoisotopic (exact) mass is 225 g/mol. The highest BCUT2D eigenvalue weighted by molar-refractivity contribution is 7.12. The highest BCUT2D eigenvalue weighted by Gasteiger charge is 2.21. The molecule has 2 nitrogen and oxygen atoms in total. The fraction of sp³-hybridized carbons (Fsp3) is 0.667. The first-order valence-electron chi connectivity index (χ1n) is 5.58. The molecule has 0 amide bonds. The molecule has 0 bridgehead atoms. The van der Waals surface area contributed by atoms with E-state index >= 15 is 0 Å². The average molecular weight is 225 g/mol. The summed E-state index contributed by atoms with van der Waals surface area (Å²) in [5.74, 6) is 0.507. The van der Waals surface area contributed by atoms with Crippen LogP contribution in [0.5, 0.6) is 0 Å². The molecule has 2 rings (SSSR count). The number of hydrogen-bond acceptors (Lipinski definition) is 3. The van der Waals surface area contributed by atoms with Crippen LogP contribution in [0.25, 0.3) is 0 Å². The molecule has 0 aliphatic carbocycles. The first kappa shape index (κ1) is 11.1. The van der Waals surface area contributed by atoms with Crippen LogP contribution in [0.15, 0.2) is 6.07 Å². The largest absolute Gasteiger partial charge is 0.396 e. The predicted molar refractivity (Wildman–Crippen MR) is 64.3 cm³/mol. The number of rotatable bonds is 3. The van der Waals surface area contributed by atoms with E-state index in [-0.39, 0.29) is 0 Å². The zero-order chi connectivity index (χ0) is 10.8. The van der Waals surface area contributed by atoms with Crippen LogP contribution in [0.4, 0.5) is 0 Å². The van der Waals surface area contributed by atoms with E-state index in [0.29, 0.717) is 12.5 Å². The topological polar surface area (TPSA) is 23.5 Å². The molecule has 2 heterocycles. The third-order valence-corrected chi connectivity index (χ3v) is 4.36. The number of aliphatic hydroxyl groups is 1. The van der Waals surface area contributed by atoms with Crippen molar-refractivity contribution in [2.45, 2.75) is 26.8 Å². The van der Waals surface area contributed by atoms with Gasteiger partial charge in [-0.3, -0.25) is 4.90 Å². The van der Waals surface area contributed by atoms with Gasteiger partial charge < -0.3 is 5.11 Å². The summed E-state index contributed by atoms with van der Waals surface area (Å²) >= 11 is 1.91. The van der Waals surface area contributed by atoms with Gasteiger partial charge in [-0.25, -0.2) is 0 Å². The average Bonchev–Trinajstić information content (AvgIpc) is 2.76. The van der Waals surface area contributed by atoms with Crippen molar-refractivity contribution in [3.05, 3.63) is 21.4 Å². The highest BCUT2D eigenvalue weighted by Crippen LogP contribution is 2.24. The zero-order valence-electron chi connectivity index (χ0n) is 9.49. The maximum absolute atomic E-state index is 9.07. The molecule has 15 heavy (non-hydrogen) atoms. The summed E-state index contributed by atoms with van der Waals surface area (Å²) in [4.78, 5) is 5.34. The lowest BCUT2D eigenvalue weighted by Gasteiger charge is -2.13. The predicted octanol–water partition coefficient (Wildman–Crippen LogP) is 2.18. The van der Waals surface area contributed by atoms with Crippen molar-refractivity contribution in [1.29, 1.82) is 0 Å². The maximum Gasteiger partial charge on any atom is 0.0471 e. The molecule has 1 aromatic heterocycles. The number of thiophene rings is 1. The van der Waals surface area contributed by atoms with Crippen molar-refractivity contribution in [2.24, 2.45) is 5.92 Å². The van der Waals surface area contributed by atoms with Crippen LogP contribution in [-0.4, -0.2) is 29.7 Å². The van der Waals surface area contributed by atoms with Crippen LogP contribution in [0.3, 0.4) is 0 Å². The number of aryl methyl sites for hydroxylation is 2. The molecule has 0 spiro atoms. The summed E-state index contributed by atoms with van der Waals surface area (Å²) in [5.41, 5.74) is 1.41. The Bertz CT molecular complexity index is 315. The van der Waals surface area contributed by atoms with E-state index in [0.717, 1.165) is 26.1 Å². The minimum absolute atomic E-state index is 0.346. The van der Waals surface area contributed by atoms with Crippen molar-refractivity contribution < 1.29 is 5.11 Å². The molecule has 1 unspecified atom stereocenters. The smallest absolute Gasteiger partial charge is 0.0471 e. The Hall–Kier alpha value is -0.380. The Kier molecular flexibility index (Phi) is 3.44. The Morgan fingerprint density at radius 2 is 2.33 bits per heavy atom. The van der Waals surface area contributed by atoms with Crippen molar-refractivity contribution in [1.82, 2.24) is 4.90 Å². The highest BCUT2D eigenvalue weighted by atomic mass is 32.1. The second-order valence-corrected chi connectivity index (χ2v) is 5.87. The summed E-state index contributed by atoms with van der Waals surface area (Å²) in [6, 6.07) is 2.30. The van der Waals surface area contributed by atoms with E-state index in [4.69, 9.17) is 5.11 Å². The van der Waals surface area contributed by atoms with Crippen molar-refractivity contribution >= 4 is 11.3 Å². The van der Waals surface area contributed by atoms with Crippen LogP contribution < -0.4 is 0 Å². The molecule has 3 heteroatoms. The molecule has 1 aliphatic rings. The molecule has 0 saturated carbocycles. The molecule has 84 valence electrons. The van der Waals surface area contributed by atoms with E-state index in [1.54, 1.807) is 0 Å². The first-order valence-corrected chi connectivity index (χ1v) is 6.40. The zero-order valence-corrected chi connectivity index (χ0v) is 10.3. The van der Waals surface area contributed by atoms with E-state index < -0.39 is 0 Å². The van der Waals surface area contributed by atoms with E-state index in [1.165, 1.54) is 15.3 Å². The lowest BCUT2D eigenvalue weighted by Crippen LogP contribution is -2.20. The second-order valence-electron chi connectivity index (χ2n) is 4.52. The van der Waals surface area contributed by atoms with E-state index in [2.05, 4.69) is 24.8 Å². The molecule has 1 atom stereocenters. The molecular weight excluding hydrogens is 206 g/mol. The summed E-state index contributed by atoms with van der Waals surface area (Å²) in [6.45, 7) is 7.97. The second kappa shape index (κ2) is 4.64. The van der Waals surface area contributed by atoms with Crippen molar-refractivity contribution in [2.75, 3.05) is 19.7 Å². The Labute approximate surface area is 95.5 Å². The maximum atomic E-state index is 9.07. The van der Waals surface area contributed by atoms with Gasteiger partial charge in [-0.15, -0.1) is 11.3 Å². The molecular formula is C12H19NOS. The lowest BCUT2D eigenvalue weighted by molar-refractivity contribution is 0.220. The van der Waals surface area contributed by atoms with Gasteiger partial charge in [0.1, 0.15) is 0 Å². The number of nitrogens with zero attached hydrogens (tertiary/aromatic N) is 1. The number of likely N-dealkylation sites (tertiary alicyclic amines) is 1. The fourth-order valence-corrected chi connectivity index (χ4v) is 3.25. The van der Waals surface area contributed by atoms with Crippen LogP contribution in [-0.2, 0) is 6.54 Å². The molecule has 1 N–H and O–H groups in total. The van der Waals surface area contributed by atoms with Crippen molar-refractivity contribution in [3.8, 4) is 0 Å². The third kappa shape index (κ3) is 2.60. The minimum Gasteiger partial charge on any atom is -0.396 e. The standard InChI is InChI=1S/C12H19NOS/c1-9-5-12(15-10(9)2)7-13-4-3-11(6-13)8-14/h5,11,14H,3-4,6-8H2,1-2H3. The fourth-order valence-electron chi connectivity index (χ4n) is 2.15. The first-order chi connectivity index (χ1) is 7.19. The van der Waals surface area contributed by atoms with Crippen LogP contribution in [0, 0.1) is 19.8 Å². The van der Waals surface area contributed by atoms with Gasteiger partial charge in [0.15, 0.2) is 0 Å². The van der Waals surface area contributed by atoms with Gasteiger partial charge in [0.2, 0.25) is 0 Å². The Morgan fingerprint density at radius 1 is 1.53 bits per heavy atom. The number of hydrogen-bond donors (Lipinski definition) is 1. The summed E-state index contributed by atoms with van der Waals surface area (Å²) in [6.07, 6.45) is 1.15. The van der Waals surface area contributed by atoms with Gasteiger partial charge in [-0.2, -0.15) is 0 Å². The normalized spacial score (nSPS) is 22.5. The summed E-state index contributed by atoms with van der Waals surface area (Å²) in [5, 5.41) is 9.07. The molecule has 1 aliphatic heterocycles. The molecule has 1 saturated heterocycles. The molecule has 1 aromatic rings. The lowest BCUT2D eigenvalue weighted by atomic mass is 10.1. The van der Waals surface area contributed by atoms with Gasteiger partial charge >= 0.3 is 0 Å². The Morgan fingerprint density at radius 3 is 2.87 bits per heavy atom. The molecule has 1 fully saturated rings. The van der Waals surface area contributed by atoms with Crippen molar-refractivity contribution in [3.63, 3.8) is 0 Å². The molecule has 0 aromatic carbocycles. The van der Waals surface area contributed by atoms with Crippen LogP contribution in [0.2, 0.25) is 0 Å². The SMILES string of the molecule is Cc1cc(CN2CCC(CO)C2)sc1C. The summed E-state index contributed by atoms with van der Waals surface area (Å²) in [7, 11) is 0.